The highest BCUT2D eigenvalue weighted by Gasteiger charge is 2.37. The van der Waals surface area contributed by atoms with E-state index in [-0.39, 0.29) is 17.1 Å². The fourth-order valence-corrected chi connectivity index (χ4v) is 4.76. The van der Waals surface area contributed by atoms with E-state index in [0.29, 0.717) is 35.6 Å². The zero-order valence-corrected chi connectivity index (χ0v) is 20.9. The van der Waals surface area contributed by atoms with Gasteiger partial charge in [0.2, 0.25) is 0 Å². The van der Waals surface area contributed by atoms with Crippen LogP contribution in [0, 0.1) is 12.3 Å². The largest absolute Gasteiger partial charge is 0.352 e. The number of Topliss-reactive ketones (excluding diaryl/α,β-unsaturated/α-hetero) is 1. The first-order chi connectivity index (χ1) is 17.3. The molecule has 0 aliphatic heterocycles. The second-order valence-corrected chi connectivity index (χ2v) is 10.3. The van der Waals surface area contributed by atoms with E-state index < -0.39 is 0 Å². The number of benzene rings is 2. The van der Waals surface area contributed by atoms with Crippen LogP contribution < -0.4 is 5.32 Å². The molecule has 2 aromatic carbocycles. The van der Waals surface area contributed by atoms with Gasteiger partial charge in [0, 0.05) is 24.7 Å². The lowest BCUT2D eigenvalue weighted by Crippen LogP contribution is -2.28. The Morgan fingerprint density at radius 3 is 2.44 bits per heavy atom. The molecule has 0 bridgehead atoms. The van der Waals surface area contributed by atoms with E-state index in [2.05, 4.69) is 55.3 Å². The van der Waals surface area contributed by atoms with Gasteiger partial charge in [-0.25, -0.2) is 9.67 Å². The maximum atomic E-state index is 13.2. The standard InChI is InChI=1S/C30H30N4O2/c1-20-9-11-21(12-10-20)15-16-31-29(36)23-13-14-26(32-19-23)34-24-17-30(2,3)18-25(35)27(24)28(33-34)22-7-5-4-6-8-22/h4-14,19H,15-18H2,1-3H3,(H,31,36). The first-order valence-corrected chi connectivity index (χ1v) is 12.3. The van der Waals surface area contributed by atoms with E-state index in [1.54, 1.807) is 23.0 Å². The van der Waals surface area contributed by atoms with Gasteiger partial charge in [-0.1, -0.05) is 74.0 Å². The molecule has 6 nitrogen and oxygen atoms in total. The Labute approximate surface area is 211 Å². The van der Waals surface area contributed by atoms with Crippen molar-refractivity contribution >= 4 is 11.7 Å². The molecule has 0 atom stereocenters. The molecule has 1 aliphatic rings. The molecule has 6 heteroatoms. The predicted octanol–water partition coefficient (Wildman–Crippen LogP) is 5.37. The van der Waals surface area contributed by atoms with Crippen molar-refractivity contribution < 1.29 is 9.59 Å². The number of hydrogen-bond acceptors (Lipinski definition) is 4. The zero-order chi connectivity index (χ0) is 25.3. The number of nitrogens with zero attached hydrogens (tertiary/aromatic N) is 3. The Hall–Kier alpha value is -4.06. The maximum Gasteiger partial charge on any atom is 0.252 e. The molecule has 36 heavy (non-hydrogen) atoms. The average molecular weight is 479 g/mol. The Morgan fingerprint density at radius 1 is 1.00 bits per heavy atom. The fraction of sp³-hybridized carbons (Fsp3) is 0.267. The summed E-state index contributed by atoms with van der Waals surface area (Å²) >= 11 is 0. The van der Waals surface area contributed by atoms with Crippen molar-refractivity contribution in [3.05, 3.63) is 101 Å². The van der Waals surface area contributed by atoms with Crippen LogP contribution in [0.4, 0.5) is 0 Å². The number of aromatic nitrogens is 3. The van der Waals surface area contributed by atoms with Crippen LogP contribution in [-0.2, 0) is 12.8 Å². The van der Waals surface area contributed by atoms with E-state index in [1.165, 1.54) is 11.1 Å². The van der Waals surface area contributed by atoms with Gasteiger partial charge in [-0.2, -0.15) is 5.10 Å². The minimum atomic E-state index is -0.162. The van der Waals surface area contributed by atoms with Gasteiger partial charge in [-0.15, -0.1) is 0 Å². The molecule has 2 heterocycles. The molecule has 2 aromatic heterocycles. The highest BCUT2D eigenvalue weighted by molar-refractivity contribution is 6.04. The summed E-state index contributed by atoms with van der Waals surface area (Å²) in [5, 5.41) is 7.81. The number of pyridine rings is 1. The Kier molecular flexibility index (Phi) is 6.27. The number of aryl methyl sites for hydroxylation is 1. The van der Waals surface area contributed by atoms with Crippen molar-refractivity contribution in [2.24, 2.45) is 5.41 Å². The van der Waals surface area contributed by atoms with Gasteiger partial charge in [0.25, 0.3) is 5.91 Å². The van der Waals surface area contributed by atoms with Crippen molar-refractivity contribution in [2.45, 2.75) is 40.0 Å². The number of rotatable bonds is 6. The van der Waals surface area contributed by atoms with Crippen LogP contribution in [0.5, 0.6) is 0 Å². The summed E-state index contributed by atoms with van der Waals surface area (Å²) in [6, 6.07) is 21.6. The summed E-state index contributed by atoms with van der Waals surface area (Å²) in [5.74, 6) is 0.538. The van der Waals surface area contributed by atoms with Gasteiger partial charge < -0.3 is 5.32 Å². The maximum absolute atomic E-state index is 13.2. The third-order valence-electron chi connectivity index (χ3n) is 6.64. The first-order valence-electron chi connectivity index (χ1n) is 12.3. The minimum absolute atomic E-state index is 0.107. The number of fused-ring (bicyclic) bond motifs is 1. The highest BCUT2D eigenvalue weighted by atomic mass is 16.1. The molecule has 0 spiro atoms. The molecule has 4 aromatic rings. The Balaban J connectivity index is 1.38. The van der Waals surface area contributed by atoms with E-state index in [0.717, 1.165) is 24.1 Å². The van der Waals surface area contributed by atoms with E-state index in [4.69, 9.17) is 5.10 Å². The summed E-state index contributed by atoms with van der Waals surface area (Å²) in [5.41, 5.74) is 5.88. The monoisotopic (exact) mass is 478 g/mol. The Morgan fingerprint density at radius 2 is 1.75 bits per heavy atom. The molecule has 0 saturated heterocycles. The summed E-state index contributed by atoms with van der Waals surface area (Å²) in [4.78, 5) is 30.4. The van der Waals surface area contributed by atoms with Crippen molar-refractivity contribution in [1.82, 2.24) is 20.1 Å². The van der Waals surface area contributed by atoms with Crippen LogP contribution in [0.1, 0.15) is 57.8 Å². The molecule has 1 amide bonds. The number of carbonyl (C=O) groups excluding carboxylic acids is 2. The van der Waals surface area contributed by atoms with E-state index in [9.17, 15) is 9.59 Å². The number of amides is 1. The van der Waals surface area contributed by atoms with E-state index in [1.807, 2.05) is 30.3 Å². The molecule has 5 rings (SSSR count). The highest BCUT2D eigenvalue weighted by Crippen LogP contribution is 2.39. The lowest BCUT2D eigenvalue weighted by atomic mass is 9.75. The average Bonchev–Trinajstić information content (AvgIpc) is 3.24. The Bertz CT molecular complexity index is 1400. The van der Waals surface area contributed by atoms with Gasteiger partial charge in [-0.05, 0) is 42.9 Å². The zero-order valence-electron chi connectivity index (χ0n) is 20.9. The lowest BCUT2D eigenvalue weighted by molar-refractivity contribution is 0.0910. The SMILES string of the molecule is Cc1ccc(CCNC(=O)c2ccc(-n3nc(-c4ccccc4)c4c3CC(C)(C)CC4=O)nc2)cc1. The fourth-order valence-electron chi connectivity index (χ4n) is 4.76. The summed E-state index contributed by atoms with van der Waals surface area (Å²) in [7, 11) is 0. The normalized spacial score (nSPS) is 14.4. The molecule has 1 aliphatic carbocycles. The van der Waals surface area contributed by atoms with Crippen LogP contribution in [0.3, 0.4) is 0 Å². The molecule has 182 valence electrons. The van der Waals surface area contributed by atoms with Crippen molar-refractivity contribution in [2.75, 3.05) is 6.54 Å². The minimum Gasteiger partial charge on any atom is -0.352 e. The topological polar surface area (TPSA) is 76.9 Å². The molecule has 1 N–H and O–H groups in total. The van der Waals surface area contributed by atoms with Crippen molar-refractivity contribution in [3.8, 4) is 17.1 Å². The molecule has 0 unspecified atom stereocenters. The second kappa shape index (κ2) is 9.53. The number of hydrogen-bond donors (Lipinski definition) is 1. The van der Waals surface area contributed by atoms with Crippen LogP contribution in [0.2, 0.25) is 0 Å². The molecule has 0 fully saturated rings. The number of carbonyl (C=O) groups is 2. The number of ketones is 1. The first kappa shape index (κ1) is 23.7. The van der Waals surface area contributed by atoms with Gasteiger partial charge >= 0.3 is 0 Å². The predicted molar refractivity (Wildman–Crippen MR) is 140 cm³/mol. The smallest absolute Gasteiger partial charge is 0.252 e. The lowest BCUT2D eigenvalue weighted by Gasteiger charge is -2.29. The van der Waals surface area contributed by atoms with Crippen molar-refractivity contribution in [3.63, 3.8) is 0 Å². The van der Waals surface area contributed by atoms with Gasteiger partial charge in [-0.3, -0.25) is 9.59 Å². The summed E-state index contributed by atoms with van der Waals surface area (Å²) < 4.78 is 1.77. The second-order valence-electron chi connectivity index (χ2n) is 10.3. The molecular formula is C30H30N4O2. The number of nitrogens with one attached hydrogen (secondary N) is 1. The molecular weight excluding hydrogens is 448 g/mol. The van der Waals surface area contributed by atoms with Crippen LogP contribution >= 0.6 is 0 Å². The van der Waals surface area contributed by atoms with Crippen molar-refractivity contribution in [1.29, 1.82) is 0 Å². The third-order valence-corrected chi connectivity index (χ3v) is 6.64. The quantitative estimate of drug-likeness (QED) is 0.404. The van der Waals surface area contributed by atoms with Gasteiger partial charge in [0.05, 0.1) is 16.8 Å². The van der Waals surface area contributed by atoms with Gasteiger partial charge in [0.15, 0.2) is 11.6 Å². The molecule has 0 radical (unpaired) electrons. The third kappa shape index (κ3) is 4.85. The van der Waals surface area contributed by atoms with E-state index >= 15 is 0 Å². The molecule has 0 saturated carbocycles. The van der Waals surface area contributed by atoms with Crippen LogP contribution in [0.25, 0.3) is 17.1 Å². The summed E-state index contributed by atoms with van der Waals surface area (Å²) in [6.45, 7) is 6.81. The van der Waals surface area contributed by atoms with Gasteiger partial charge in [0.1, 0.15) is 5.69 Å². The van der Waals surface area contributed by atoms with Crippen LogP contribution in [-0.4, -0.2) is 33.0 Å². The van der Waals surface area contributed by atoms with Crippen LogP contribution in [0.15, 0.2) is 72.9 Å². The summed E-state index contributed by atoms with van der Waals surface area (Å²) in [6.07, 6.45) is 3.54.